The van der Waals surface area contributed by atoms with Crippen molar-refractivity contribution in [1.82, 2.24) is 0 Å². The zero-order chi connectivity index (χ0) is 12.1. The predicted molar refractivity (Wildman–Crippen MR) is 77.1 cm³/mol. The first kappa shape index (κ1) is 16.1. The van der Waals surface area contributed by atoms with Crippen LogP contribution >= 0.6 is 9.24 Å². The summed E-state index contributed by atoms with van der Waals surface area (Å²) in [4.78, 5) is 0. The predicted octanol–water partition coefficient (Wildman–Crippen LogP) is 4.43. The van der Waals surface area contributed by atoms with E-state index >= 15 is 0 Å². The van der Waals surface area contributed by atoms with Crippen LogP contribution in [-0.4, -0.2) is 19.4 Å². The van der Waals surface area contributed by atoms with Crippen LogP contribution < -0.4 is 0 Å². The molecule has 2 atom stereocenters. The van der Waals surface area contributed by atoms with E-state index in [1.165, 1.54) is 31.8 Å². The summed E-state index contributed by atoms with van der Waals surface area (Å²) >= 11 is 0. The van der Waals surface area contributed by atoms with Gasteiger partial charge in [-0.1, -0.05) is 38.8 Å². The number of hydrogen-bond donors (Lipinski definition) is 0. The van der Waals surface area contributed by atoms with Crippen LogP contribution in [0.3, 0.4) is 0 Å². The Labute approximate surface area is 104 Å². The van der Waals surface area contributed by atoms with E-state index in [0.29, 0.717) is 5.92 Å². The van der Waals surface area contributed by atoms with Crippen molar-refractivity contribution in [3.05, 3.63) is 12.2 Å². The first-order chi connectivity index (χ1) is 7.81. The highest BCUT2D eigenvalue weighted by molar-refractivity contribution is 7.16. The second-order valence-electron chi connectivity index (χ2n) is 4.42. The van der Waals surface area contributed by atoms with E-state index < -0.39 is 0 Å². The molecule has 96 valence electrons. The van der Waals surface area contributed by atoms with E-state index in [0.717, 1.165) is 26.1 Å². The first-order valence-electron chi connectivity index (χ1n) is 6.75. The molecule has 0 radical (unpaired) electrons. The zero-order valence-electron chi connectivity index (χ0n) is 11.1. The van der Waals surface area contributed by atoms with Gasteiger partial charge in [-0.2, -0.15) is 0 Å². The monoisotopic (exact) mass is 244 g/mol. The standard InChI is InChI=1S/C14H29OP/c1-3-4-9-14(2)10-12-15-11-7-5-6-8-13-16/h4,9,14H,3,5-8,10-13,16H2,1-2H3. The summed E-state index contributed by atoms with van der Waals surface area (Å²) in [6.07, 6.45) is 13.3. The quantitative estimate of drug-likeness (QED) is 0.297. The lowest BCUT2D eigenvalue weighted by molar-refractivity contribution is 0.122. The average Bonchev–Trinajstić information content (AvgIpc) is 2.30. The van der Waals surface area contributed by atoms with E-state index in [-0.39, 0.29) is 0 Å². The number of hydrogen-bond acceptors (Lipinski definition) is 1. The van der Waals surface area contributed by atoms with E-state index in [1.807, 2.05) is 0 Å². The average molecular weight is 244 g/mol. The summed E-state index contributed by atoms with van der Waals surface area (Å²) in [7, 11) is 2.78. The third kappa shape index (κ3) is 12.2. The molecule has 0 amide bonds. The minimum atomic E-state index is 0.664. The summed E-state index contributed by atoms with van der Waals surface area (Å²) in [6, 6.07) is 0. The Kier molecular flexibility index (Phi) is 13.3. The Morgan fingerprint density at radius 2 is 1.88 bits per heavy atom. The van der Waals surface area contributed by atoms with Crippen LogP contribution in [0.4, 0.5) is 0 Å². The van der Waals surface area contributed by atoms with E-state index in [9.17, 15) is 0 Å². The van der Waals surface area contributed by atoms with Gasteiger partial charge in [0.1, 0.15) is 0 Å². The van der Waals surface area contributed by atoms with Gasteiger partial charge in [-0.25, -0.2) is 0 Å². The molecule has 0 bridgehead atoms. The van der Waals surface area contributed by atoms with Crippen molar-refractivity contribution in [1.29, 1.82) is 0 Å². The molecule has 0 saturated carbocycles. The SMILES string of the molecule is CCC=CC(C)CCOCCCCCCP. The van der Waals surface area contributed by atoms with E-state index in [1.54, 1.807) is 0 Å². The molecule has 0 saturated heterocycles. The molecule has 0 aliphatic carbocycles. The minimum Gasteiger partial charge on any atom is -0.381 e. The molecular weight excluding hydrogens is 215 g/mol. The second-order valence-corrected chi connectivity index (χ2v) is 4.99. The van der Waals surface area contributed by atoms with Crippen molar-refractivity contribution < 1.29 is 4.74 Å². The summed E-state index contributed by atoms with van der Waals surface area (Å²) in [5, 5.41) is 0. The Morgan fingerprint density at radius 3 is 2.56 bits per heavy atom. The maximum atomic E-state index is 5.63. The second kappa shape index (κ2) is 13.2. The number of ether oxygens (including phenoxy) is 1. The van der Waals surface area contributed by atoms with Crippen LogP contribution in [0.2, 0.25) is 0 Å². The van der Waals surface area contributed by atoms with Crippen molar-refractivity contribution in [3.8, 4) is 0 Å². The number of rotatable bonds is 11. The zero-order valence-corrected chi connectivity index (χ0v) is 12.2. The Bertz CT molecular complexity index is 157. The fourth-order valence-corrected chi connectivity index (χ4v) is 1.83. The highest BCUT2D eigenvalue weighted by atomic mass is 31.0. The lowest BCUT2D eigenvalue weighted by atomic mass is 10.1. The molecular formula is C14H29OP. The van der Waals surface area contributed by atoms with Gasteiger partial charge in [-0.05, 0) is 37.8 Å². The van der Waals surface area contributed by atoms with Gasteiger partial charge in [0.2, 0.25) is 0 Å². The molecule has 0 aliphatic rings. The maximum absolute atomic E-state index is 5.63. The van der Waals surface area contributed by atoms with Gasteiger partial charge >= 0.3 is 0 Å². The van der Waals surface area contributed by atoms with Crippen LogP contribution in [0.15, 0.2) is 12.2 Å². The van der Waals surface area contributed by atoms with Crippen molar-refractivity contribution in [2.24, 2.45) is 5.92 Å². The third-order valence-electron chi connectivity index (χ3n) is 2.66. The molecule has 0 spiro atoms. The van der Waals surface area contributed by atoms with Crippen LogP contribution in [0.1, 0.15) is 52.4 Å². The Morgan fingerprint density at radius 1 is 1.12 bits per heavy atom. The van der Waals surface area contributed by atoms with Crippen molar-refractivity contribution >= 4 is 9.24 Å². The molecule has 16 heavy (non-hydrogen) atoms. The minimum absolute atomic E-state index is 0.664. The van der Waals surface area contributed by atoms with Gasteiger partial charge < -0.3 is 4.74 Å². The largest absolute Gasteiger partial charge is 0.381 e. The summed E-state index contributed by atoms with van der Waals surface area (Å²) in [5.41, 5.74) is 0. The lowest BCUT2D eigenvalue weighted by Gasteiger charge is -2.07. The van der Waals surface area contributed by atoms with Crippen LogP contribution in [-0.2, 0) is 4.74 Å². The Hall–Kier alpha value is 0.130. The summed E-state index contributed by atoms with van der Waals surface area (Å²) in [6.45, 7) is 6.29. The molecule has 0 aromatic carbocycles. The molecule has 0 aromatic rings. The molecule has 2 unspecified atom stereocenters. The molecule has 0 rings (SSSR count). The van der Waals surface area contributed by atoms with E-state index in [4.69, 9.17) is 4.74 Å². The lowest BCUT2D eigenvalue weighted by Crippen LogP contribution is -2.01. The van der Waals surface area contributed by atoms with Crippen molar-refractivity contribution in [2.45, 2.75) is 52.4 Å². The van der Waals surface area contributed by atoms with Gasteiger partial charge in [0.25, 0.3) is 0 Å². The molecule has 0 aliphatic heterocycles. The van der Waals surface area contributed by atoms with Gasteiger partial charge in [0.05, 0.1) is 0 Å². The first-order valence-corrected chi connectivity index (χ1v) is 7.57. The van der Waals surface area contributed by atoms with E-state index in [2.05, 4.69) is 35.2 Å². The molecule has 0 fully saturated rings. The maximum Gasteiger partial charge on any atom is 0.0471 e. The summed E-state index contributed by atoms with van der Waals surface area (Å²) < 4.78 is 5.63. The normalized spacial score (nSPS) is 13.4. The fourth-order valence-electron chi connectivity index (χ4n) is 1.54. The summed E-state index contributed by atoms with van der Waals surface area (Å²) in [5.74, 6) is 0.664. The van der Waals surface area contributed by atoms with Crippen molar-refractivity contribution in [3.63, 3.8) is 0 Å². The highest BCUT2D eigenvalue weighted by Gasteiger charge is 1.96. The number of allylic oxidation sites excluding steroid dienone is 2. The topological polar surface area (TPSA) is 9.23 Å². The Balaban J connectivity index is 3.11. The van der Waals surface area contributed by atoms with Gasteiger partial charge in [0, 0.05) is 13.2 Å². The van der Waals surface area contributed by atoms with Gasteiger partial charge in [-0.15, -0.1) is 9.24 Å². The fraction of sp³-hybridized carbons (Fsp3) is 0.857. The third-order valence-corrected chi connectivity index (χ3v) is 3.07. The smallest absolute Gasteiger partial charge is 0.0471 e. The highest BCUT2D eigenvalue weighted by Crippen LogP contribution is 2.06. The molecule has 0 aromatic heterocycles. The van der Waals surface area contributed by atoms with Gasteiger partial charge in [0.15, 0.2) is 0 Å². The van der Waals surface area contributed by atoms with Crippen LogP contribution in [0.25, 0.3) is 0 Å². The number of unbranched alkanes of at least 4 members (excludes halogenated alkanes) is 3. The molecule has 1 nitrogen and oxygen atoms in total. The van der Waals surface area contributed by atoms with Crippen molar-refractivity contribution in [2.75, 3.05) is 19.4 Å². The molecule has 0 N–H and O–H groups in total. The molecule has 2 heteroatoms. The van der Waals surface area contributed by atoms with Crippen LogP contribution in [0, 0.1) is 5.92 Å². The van der Waals surface area contributed by atoms with Crippen LogP contribution in [0.5, 0.6) is 0 Å². The van der Waals surface area contributed by atoms with Gasteiger partial charge in [-0.3, -0.25) is 0 Å². The molecule has 0 heterocycles.